The van der Waals surface area contributed by atoms with Gasteiger partial charge >= 0.3 is 6.03 Å². The van der Waals surface area contributed by atoms with Crippen molar-refractivity contribution >= 4 is 23.5 Å². The standard InChI is InChI=1S/C18H17N3O4/c1-12-2-6-14(7-3-12)25-15-8-4-13(5-9-15)20-16(22)11-21-17(23)10-19-18(21)24/h2-9H,10-11H2,1H3,(H,19,24)(H,20,22). The summed E-state index contributed by atoms with van der Waals surface area (Å²) in [7, 11) is 0. The number of carbonyl (C=O) groups is 3. The van der Waals surface area contributed by atoms with E-state index in [0.29, 0.717) is 11.4 Å². The van der Waals surface area contributed by atoms with Gasteiger partial charge in [0.1, 0.15) is 18.0 Å². The SMILES string of the molecule is Cc1ccc(Oc2ccc(NC(=O)CN3C(=O)CNC3=O)cc2)cc1. The van der Waals surface area contributed by atoms with Gasteiger partial charge in [0.25, 0.3) is 5.91 Å². The Labute approximate surface area is 144 Å². The van der Waals surface area contributed by atoms with E-state index in [1.165, 1.54) is 0 Å². The van der Waals surface area contributed by atoms with Crippen molar-refractivity contribution in [1.82, 2.24) is 10.2 Å². The van der Waals surface area contributed by atoms with Gasteiger partial charge in [-0.25, -0.2) is 4.79 Å². The molecule has 7 nitrogen and oxygen atoms in total. The number of hydrogen-bond acceptors (Lipinski definition) is 4. The molecule has 1 heterocycles. The maximum absolute atomic E-state index is 12.0. The van der Waals surface area contributed by atoms with Gasteiger partial charge in [0.15, 0.2) is 0 Å². The molecule has 4 amide bonds. The summed E-state index contributed by atoms with van der Waals surface area (Å²) in [6, 6.07) is 13.9. The number of urea groups is 1. The van der Waals surface area contributed by atoms with E-state index >= 15 is 0 Å². The number of aryl methyl sites for hydroxylation is 1. The van der Waals surface area contributed by atoms with Crippen LogP contribution in [0.3, 0.4) is 0 Å². The van der Waals surface area contributed by atoms with Gasteiger partial charge in [-0.3, -0.25) is 14.5 Å². The number of nitrogens with one attached hydrogen (secondary N) is 2. The summed E-state index contributed by atoms with van der Waals surface area (Å²) in [6.07, 6.45) is 0. The summed E-state index contributed by atoms with van der Waals surface area (Å²) in [5.41, 5.74) is 1.70. The molecule has 0 saturated carbocycles. The van der Waals surface area contributed by atoms with E-state index in [0.717, 1.165) is 16.2 Å². The van der Waals surface area contributed by atoms with Crippen molar-refractivity contribution in [2.24, 2.45) is 0 Å². The van der Waals surface area contributed by atoms with Crippen LogP contribution in [0.4, 0.5) is 10.5 Å². The van der Waals surface area contributed by atoms with Crippen LogP contribution in [0.25, 0.3) is 0 Å². The zero-order chi connectivity index (χ0) is 17.8. The molecule has 2 N–H and O–H groups in total. The van der Waals surface area contributed by atoms with Gasteiger partial charge in [-0.15, -0.1) is 0 Å². The molecule has 0 radical (unpaired) electrons. The van der Waals surface area contributed by atoms with E-state index in [4.69, 9.17) is 4.74 Å². The van der Waals surface area contributed by atoms with Gasteiger partial charge in [-0.2, -0.15) is 0 Å². The number of benzene rings is 2. The Kier molecular flexibility index (Phi) is 4.65. The number of ether oxygens (including phenoxy) is 1. The van der Waals surface area contributed by atoms with Crippen LogP contribution in [-0.2, 0) is 9.59 Å². The molecule has 0 unspecified atom stereocenters. The quantitative estimate of drug-likeness (QED) is 0.818. The molecule has 0 aliphatic carbocycles. The number of carbonyl (C=O) groups excluding carboxylic acids is 3. The van der Waals surface area contributed by atoms with Gasteiger partial charge in [-0.1, -0.05) is 17.7 Å². The third kappa shape index (κ3) is 4.14. The Hall–Kier alpha value is -3.35. The maximum atomic E-state index is 12.0. The first-order valence-electron chi connectivity index (χ1n) is 7.74. The zero-order valence-electron chi connectivity index (χ0n) is 13.6. The molecule has 2 aromatic carbocycles. The van der Waals surface area contributed by atoms with Gasteiger partial charge in [0.2, 0.25) is 5.91 Å². The molecule has 1 aliphatic heterocycles. The highest BCUT2D eigenvalue weighted by Crippen LogP contribution is 2.23. The lowest BCUT2D eigenvalue weighted by molar-refractivity contribution is -0.128. The average Bonchev–Trinajstić information content (AvgIpc) is 2.90. The molecule has 3 rings (SSSR count). The predicted molar refractivity (Wildman–Crippen MR) is 91.4 cm³/mol. The summed E-state index contributed by atoms with van der Waals surface area (Å²) in [5, 5.41) is 5.00. The molecule has 1 aliphatic rings. The number of nitrogens with zero attached hydrogens (tertiary/aromatic N) is 1. The third-order valence-corrected chi connectivity index (χ3v) is 3.63. The van der Waals surface area contributed by atoms with Gasteiger partial charge < -0.3 is 15.4 Å². The molecule has 25 heavy (non-hydrogen) atoms. The predicted octanol–water partition coefficient (Wildman–Crippen LogP) is 2.28. The lowest BCUT2D eigenvalue weighted by Gasteiger charge is -2.12. The third-order valence-electron chi connectivity index (χ3n) is 3.63. The van der Waals surface area contributed by atoms with E-state index < -0.39 is 17.8 Å². The van der Waals surface area contributed by atoms with E-state index in [1.54, 1.807) is 24.3 Å². The first kappa shape index (κ1) is 16.5. The molecular formula is C18H17N3O4. The van der Waals surface area contributed by atoms with Crippen LogP contribution in [0.15, 0.2) is 48.5 Å². The van der Waals surface area contributed by atoms with Crippen LogP contribution in [0.5, 0.6) is 11.5 Å². The van der Waals surface area contributed by atoms with Gasteiger partial charge in [0.05, 0.1) is 6.54 Å². The van der Waals surface area contributed by atoms with Crippen molar-refractivity contribution < 1.29 is 19.1 Å². The second kappa shape index (κ2) is 7.04. The molecule has 2 aromatic rings. The van der Waals surface area contributed by atoms with Crippen molar-refractivity contribution in [3.63, 3.8) is 0 Å². The highest BCUT2D eigenvalue weighted by molar-refractivity contribution is 6.06. The van der Waals surface area contributed by atoms with E-state index in [-0.39, 0.29) is 13.1 Å². The fraction of sp³-hybridized carbons (Fsp3) is 0.167. The summed E-state index contributed by atoms with van der Waals surface area (Å²) in [5.74, 6) is 0.497. The monoisotopic (exact) mass is 339 g/mol. The van der Waals surface area contributed by atoms with Crippen molar-refractivity contribution in [3.8, 4) is 11.5 Å². The zero-order valence-corrected chi connectivity index (χ0v) is 13.6. The van der Waals surface area contributed by atoms with Crippen molar-refractivity contribution in [3.05, 3.63) is 54.1 Å². The van der Waals surface area contributed by atoms with Crippen LogP contribution in [0.1, 0.15) is 5.56 Å². The Balaban J connectivity index is 1.57. The van der Waals surface area contributed by atoms with Crippen molar-refractivity contribution in [1.29, 1.82) is 0 Å². The number of hydrogen-bond donors (Lipinski definition) is 2. The van der Waals surface area contributed by atoms with Crippen LogP contribution in [-0.4, -0.2) is 35.8 Å². The van der Waals surface area contributed by atoms with E-state index in [1.807, 2.05) is 31.2 Å². The summed E-state index contributed by atoms with van der Waals surface area (Å²) < 4.78 is 5.71. The molecule has 1 saturated heterocycles. The molecule has 0 bridgehead atoms. The minimum Gasteiger partial charge on any atom is -0.457 e. The fourth-order valence-electron chi connectivity index (χ4n) is 2.31. The summed E-state index contributed by atoms with van der Waals surface area (Å²) >= 11 is 0. The molecule has 1 fully saturated rings. The van der Waals surface area contributed by atoms with Gasteiger partial charge in [0, 0.05) is 5.69 Å². The Morgan fingerprint density at radius 1 is 1.08 bits per heavy atom. The average molecular weight is 339 g/mol. The van der Waals surface area contributed by atoms with Crippen LogP contribution in [0, 0.1) is 6.92 Å². The molecular weight excluding hydrogens is 322 g/mol. The first-order valence-corrected chi connectivity index (χ1v) is 7.74. The largest absolute Gasteiger partial charge is 0.457 e. The Morgan fingerprint density at radius 3 is 2.24 bits per heavy atom. The lowest BCUT2D eigenvalue weighted by Crippen LogP contribution is -2.38. The number of rotatable bonds is 5. The number of amides is 4. The summed E-state index contributed by atoms with van der Waals surface area (Å²) in [4.78, 5) is 35.7. The maximum Gasteiger partial charge on any atom is 0.325 e. The second-order valence-corrected chi connectivity index (χ2v) is 5.63. The molecule has 7 heteroatoms. The molecule has 0 aromatic heterocycles. The normalized spacial score (nSPS) is 13.6. The molecule has 0 atom stereocenters. The topological polar surface area (TPSA) is 87.7 Å². The highest BCUT2D eigenvalue weighted by atomic mass is 16.5. The van der Waals surface area contributed by atoms with Gasteiger partial charge in [-0.05, 0) is 43.3 Å². The van der Waals surface area contributed by atoms with Crippen LogP contribution >= 0.6 is 0 Å². The minimum atomic E-state index is -0.554. The Bertz CT molecular complexity index is 784. The van der Waals surface area contributed by atoms with E-state index in [2.05, 4.69) is 10.6 Å². The van der Waals surface area contributed by atoms with E-state index in [9.17, 15) is 14.4 Å². The minimum absolute atomic E-state index is 0.0723. The number of anilines is 1. The fourth-order valence-corrected chi connectivity index (χ4v) is 2.31. The molecule has 128 valence electrons. The summed E-state index contributed by atoms with van der Waals surface area (Å²) in [6.45, 7) is 1.62. The Morgan fingerprint density at radius 2 is 1.68 bits per heavy atom. The second-order valence-electron chi connectivity index (χ2n) is 5.63. The first-order chi connectivity index (χ1) is 12.0. The smallest absolute Gasteiger partial charge is 0.325 e. The van der Waals surface area contributed by atoms with Crippen LogP contribution in [0.2, 0.25) is 0 Å². The molecule has 0 spiro atoms. The lowest BCUT2D eigenvalue weighted by atomic mass is 10.2. The van der Waals surface area contributed by atoms with Crippen LogP contribution < -0.4 is 15.4 Å². The number of imide groups is 1. The van der Waals surface area contributed by atoms with Crippen molar-refractivity contribution in [2.75, 3.05) is 18.4 Å². The van der Waals surface area contributed by atoms with Crippen molar-refractivity contribution in [2.45, 2.75) is 6.92 Å². The highest BCUT2D eigenvalue weighted by Gasteiger charge is 2.30.